The van der Waals surface area contributed by atoms with Crippen LogP contribution in [0.3, 0.4) is 0 Å². The second kappa shape index (κ2) is 10.4. The topological polar surface area (TPSA) is 132 Å². The van der Waals surface area contributed by atoms with Gasteiger partial charge in [-0.3, -0.25) is 10.1 Å². The number of ether oxygens (including phenoxy) is 1. The maximum atomic E-state index is 12.5. The van der Waals surface area contributed by atoms with Crippen LogP contribution in [0, 0.1) is 10.1 Å². The maximum absolute atomic E-state index is 12.5. The van der Waals surface area contributed by atoms with Crippen molar-refractivity contribution < 1.29 is 22.9 Å². The molecule has 184 valence electrons. The Morgan fingerprint density at radius 2 is 1.83 bits per heavy atom. The molecule has 13 heteroatoms. The Hall–Kier alpha value is -3.80. The van der Waals surface area contributed by atoms with Gasteiger partial charge in [0.1, 0.15) is 11.5 Å². The molecule has 0 saturated heterocycles. The number of benzene rings is 3. The van der Waals surface area contributed by atoms with Gasteiger partial charge in [-0.1, -0.05) is 35.3 Å². The summed E-state index contributed by atoms with van der Waals surface area (Å²) in [5.41, 5.74) is 0.890. The number of hydrogen-bond acceptors (Lipinski definition) is 8. The van der Waals surface area contributed by atoms with Crippen LogP contribution >= 0.6 is 23.2 Å². The van der Waals surface area contributed by atoms with E-state index in [1.165, 1.54) is 59.8 Å². The third-order valence-electron chi connectivity index (χ3n) is 4.99. The average molecular weight is 547 g/mol. The van der Waals surface area contributed by atoms with Crippen LogP contribution in [-0.2, 0) is 14.8 Å². The molecule has 0 aromatic heterocycles. The summed E-state index contributed by atoms with van der Waals surface area (Å²) >= 11 is 11.9. The van der Waals surface area contributed by atoms with Gasteiger partial charge in [0.2, 0.25) is 0 Å². The molecule has 0 unspecified atom stereocenters. The fraction of sp³-hybridized carbons (Fsp3) is 0.0870. The smallest absolute Gasteiger partial charge is 0.339 e. The van der Waals surface area contributed by atoms with Crippen LogP contribution < -0.4 is 0 Å². The lowest BCUT2D eigenvalue weighted by Crippen LogP contribution is -2.30. The molecule has 0 aliphatic carbocycles. The van der Waals surface area contributed by atoms with E-state index in [-0.39, 0.29) is 40.2 Å². The van der Waals surface area contributed by atoms with Crippen molar-refractivity contribution in [2.75, 3.05) is 13.2 Å². The number of carbonyl (C=O) groups excluding carboxylic acids is 1. The van der Waals surface area contributed by atoms with Crippen LogP contribution in [0.15, 0.2) is 81.1 Å². The number of rotatable bonds is 7. The molecule has 3 aromatic rings. The molecule has 10 nitrogen and oxygen atoms in total. The predicted molar refractivity (Wildman–Crippen MR) is 134 cm³/mol. The van der Waals surface area contributed by atoms with Gasteiger partial charge in [-0.2, -0.15) is 13.5 Å². The Labute approximate surface area is 215 Å². The van der Waals surface area contributed by atoms with Crippen LogP contribution in [0.1, 0.15) is 21.5 Å². The molecular weight excluding hydrogens is 531 g/mol. The Morgan fingerprint density at radius 1 is 1.11 bits per heavy atom. The summed E-state index contributed by atoms with van der Waals surface area (Å²) in [6, 6.07) is 16.2. The Morgan fingerprint density at radius 3 is 2.53 bits per heavy atom. The summed E-state index contributed by atoms with van der Waals surface area (Å²) in [4.78, 5) is 22.8. The lowest BCUT2D eigenvalue weighted by molar-refractivity contribution is -0.384. The van der Waals surface area contributed by atoms with Crippen LogP contribution in [0.5, 0.6) is 0 Å². The van der Waals surface area contributed by atoms with Crippen LogP contribution in [-0.4, -0.2) is 49.5 Å². The molecule has 36 heavy (non-hydrogen) atoms. The van der Waals surface area contributed by atoms with Crippen molar-refractivity contribution in [1.29, 1.82) is 0 Å². The number of sulfonamides is 1. The molecular formula is C23H16Cl2N4O6S. The minimum absolute atomic E-state index is 0.0282. The van der Waals surface area contributed by atoms with E-state index in [1.807, 2.05) is 0 Å². The zero-order valence-electron chi connectivity index (χ0n) is 18.2. The monoisotopic (exact) mass is 546 g/mol. The number of non-ortho nitro benzene ring substituents is 1. The summed E-state index contributed by atoms with van der Waals surface area (Å²) in [7, 11) is -3.93. The first-order valence-corrected chi connectivity index (χ1v) is 12.5. The van der Waals surface area contributed by atoms with Gasteiger partial charge in [0, 0.05) is 22.7 Å². The zero-order valence-corrected chi connectivity index (χ0v) is 20.6. The molecule has 4 rings (SSSR count). The van der Waals surface area contributed by atoms with Crippen LogP contribution in [0.4, 0.5) is 5.69 Å². The van der Waals surface area contributed by atoms with E-state index in [0.29, 0.717) is 16.1 Å². The number of hydrogen-bond donors (Lipinski definition) is 0. The SMILES string of the molecule is O=C(OCCN(/N=C/c1ccc([N+](=O)[O-])cc1)C1=NS(=O)(=O)c2ccccc21)c1ccc(Cl)cc1Cl. The van der Waals surface area contributed by atoms with Gasteiger partial charge in [-0.05, 0) is 48.0 Å². The second-order valence-corrected chi connectivity index (χ2v) is 9.78. The fourth-order valence-electron chi connectivity index (χ4n) is 3.27. The van der Waals surface area contributed by atoms with Crippen molar-refractivity contribution in [3.63, 3.8) is 0 Å². The number of fused-ring (bicyclic) bond motifs is 1. The third kappa shape index (κ3) is 5.54. The fourth-order valence-corrected chi connectivity index (χ4v) is 4.96. The lowest BCUT2D eigenvalue weighted by Gasteiger charge is -2.19. The molecule has 1 aliphatic rings. The number of esters is 1. The lowest BCUT2D eigenvalue weighted by atomic mass is 10.2. The highest BCUT2D eigenvalue weighted by molar-refractivity contribution is 7.90. The van der Waals surface area contributed by atoms with Crippen molar-refractivity contribution in [2.24, 2.45) is 9.50 Å². The van der Waals surface area contributed by atoms with E-state index in [0.717, 1.165) is 0 Å². The first-order chi connectivity index (χ1) is 17.2. The van der Waals surface area contributed by atoms with Gasteiger partial charge in [0.25, 0.3) is 15.7 Å². The van der Waals surface area contributed by atoms with E-state index in [9.17, 15) is 23.3 Å². The Bertz CT molecular complexity index is 1510. The quantitative estimate of drug-likeness (QED) is 0.184. The zero-order chi connectivity index (χ0) is 25.9. The van der Waals surface area contributed by atoms with Gasteiger partial charge in [0.05, 0.1) is 28.3 Å². The number of carbonyl (C=O) groups is 1. The van der Waals surface area contributed by atoms with E-state index >= 15 is 0 Å². The van der Waals surface area contributed by atoms with Gasteiger partial charge in [-0.25, -0.2) is 9.80 Å². The molecule has 0 fully saturated rings. The number of halogens is 2. The van der Waals surface area contributed by atoms with E-state index < -0.39 is 20.9 Å². The Balaban J connectivity index is 1.57. The normalized spacial score (nSPS) is 13.8. The molecule has 0 amide bonds. The number of nitro benzene ring substituents is 1. The largest absolute Gasteiger partial charge is 0.460 e. The third-order valence-corrected chi connectivity index (χ3v) is 6.87. The summed E-state index contributed by atoms with van der Waals surface area (Å²) in [6.07, 6.45) is 1.39. The summed E-state index contributed by atoms with van der Waals surface area (Å²) < 4.78 is 34.2. The predicted octanol–water partition coefficient (Wildman–Crippen LogP) is 4.54. The van der Waals surface area contributed by atoms with Gasteiger partial charge >= 0.3 is 5.97 Å². The highest BCUT2D eigenvalue weighted by atomic mass is 35.5. The standard InChI is InChI=1S/C23H16Cl2N4O6S/c24-16-7-10-18(20(25)13-16)23(30)35-12-11-28(26-14-15-5-8-17(9-6-15)29(31)32)22-19-3-1-2-4-21(19)36(33,34)27-22/h1-10,13-14H,11-12H2/b26-14+. The minimum atomic E-state index is -3.93. The van der Waals surface area contributed by atoms with Crippen molar-refractivity contribution in [1.82, 2.24) is 5.01 Å². The summed E-state index contributed by atoms with van der Waals surface area (Å²) in [5.74, 6) is -0.651. The highest BCUT2D eigenvalue weighted by Gasteiger charge is 2.31. The molecule has 3 aromatic carbocycles. The van der Waals surface area contributed by atoms with Crippen LogP contribution in [0.2, 0.25) is 10.0 Å². The van der Waals surface area contributed by atoms with E-state index in [4.69, 9.17) is 27.9 Å². The first-order valence-electron chi connectivity index (χ1n) is 10.3. The van der Waals surface area contributed by atoms with Gasteiger partial charge < -0.3 is 4.74 Å². The van der Waals surface area contributed by atoms with Gasteiger partial charge in [-0.15, -0.1) is 4.40 Å². The highest BCUT2D eigenvalue weighted by Crippen LogP contribution is 2.28. The van der Waals surface area contributed by atoms with Crippen LogP contribution in [0.25, 0.3) is 0 Å². The molecule has 0 radical (unpaired) electrons. The summed E-state index contributed by atoms with van der Waals surface area (Å²) in [5, 5.41) is 17.0. The molecule has 0 atom stereocenters. The summed E-state index contributed by atoms with van der Waals surface area (Å²) in [6.45, 7) is -0.236. The molecule has 0 saturated carbocycles. The minimum Gasteiger partial charge on any atom is -0.460 e. The van der Waals surface area contributed by atoms with Crippen molar-refractivity contribution in [3.8, 4) is 0 Å². The Kier molecular flexibility index (Phi) is 7.34. The molecule has 0 N–H and O–H groups in total. The molecule has 1 heterocycles. The van der Waals surface area contributed by atoms with E-state index in [2.05, 4.69) is 9.50 Å². The number of nitro groups is 1. The first kappa shape index (κ1) is 25.3. The van der Waals surface area contributed by atoms with E-state index in [1.54, 1.807) is 18.2 Å². The number of amidine groups is 1. The van der Waals surface area contributed by atoms with Gasteiger partial charge in [0.15, 0.2) is 5.84 Å². The number of nitrogens with zero attached hydrogens (tertiary/aromatic N) is 4. The number of hydrazone groups is 1. The average Bonchev–Trinajstić information content (AvgIpc) is 3.12. The molecule has 1 aliphatic heterocycles. The molecule has 0 spiro atoms. The maximum Gasteiger partial charge on any atom is 0.339 e. The van der Waals surface area contributed by atoms with Crippen molar-refractivity contribution >= 4 is 56.9 Å². The second-order valence-electron chi connectivity index (χ2n) is 7.36. The van der Waals surface area contributed by atoms with Crippen molar-refractivity contribution in [3.05, 3.63) is 104 Å². The molecule has 0 bridgehead atoms. The van der Waals surface area contributed by atoms with Crippen molar-refractivity contribution in [2.45, 2.75) is 4.90 Å².